The van der Waals surface area contributed by atoms with E-state index in [2.05, 4.69) is 26.2 Å². The zero-order chi connectivity index (χ0) is 11.7. The molecule has 2 rings (SSSR count). The first-order chi connectivity index (χ1) is 7.59. The number of rotatable bonds is 3. The lowest BCUT2D eigenvalue weighted by Crippen LogP contribution is -2.50. The van der Waals surface area contributed by atoms with Gasteiger partial charge in [-0.25, -0.2) is 4.98 Å². The maximum Gasteiger partial charge on any atom is 0.291 e. The number of ether oxygens (including phenoxy) is 1. The summed E-state index contributed by atoms with van der Waals surface area (Å²) in [4.78, 5) is 14.2. The first kappa shape index (κ1) is 11.3. The predicted octanol–water partition coefficient (Wildman–Crippen LogP) is 1.41. The van der Waals surface area contributed by atoms with Crippen molar-refractivity contribution < 1.29 is 9.66 Å². The molecule has 6 nitrogen and oxygen atoms in total. The molecule has 0 aromatic carbocycles. The fourth-order valence-corrected chi connectivity index (χ4v) is 1.71. The molecule has 2 heterocycles. The van der Waals surface area contributed by atoms with E-state index in [1.165, 1.54) is 6.20 Å². The second kappa shape index (κ2) is 4.34. The summed E-state index contributed by atoms with van der Waals surface area (Å²) in [7, 11) is 0. The van der Waals surface area contributed by atoms with Crippen molar-refractivity contribution in [1.29, 1.82) is 0 Å². The highest BCUT2D eigenvalue weighted by Gasteiger charge is 2.23. The minimum Gasteiger partial charge on any atom is -0.471 e. The van der Waals surface area contributed by atoms with Crippen LogP contribution in [0.3, 0.4) is 0 Å². The Morgan fingerprint density at radius 2 is 2.38 bits per heavy atom. The van der Waals surface area contributed by atoms with Gasteiger partial charge in [0.15, 0.2) is 0 Å². The molecule has 16 heavy (non-hydrogen) atoms. The van der Waals surface area contributed by atoms with Crippen LogP contribution in [0.4, 0.5) is 5.69 Å². The highest BCUT2D eigenvalue weighted by atomic mass is 79.9. The van der Waals surface area contributed by atoms with E-state index < -0.39 is 4.92 Å². The van der Waals surface area contributed by atoms with Crippen molar-refractivity contribution in [2.24, 2.45) is 0 Å². The van der Waals surface area contributed by atoms with Gasteiger partial charge in [0.1, 0.15) is 12.3 Å². The van der Waals surface area contributed by atoms with E-state index in [1.54, 1.807) is 6.92 Å². The molecule has 86 valence electrons. The second-order valence-corrected chi connectivity index (χ2v) is 4.34. The standard InChI is InChI=1S/C9H10BrN3O3/c1-5-7(13(14)15)4-12-9(8(5)10)16-6-2-11-3-6/h4,6,11H,2-3H2,1H3. The monoisotopic (exact) mass is 287 g/mol. The molecular formula is C9H10BrN3O3. The van der Waals surface area contributed by atoms with Gasteiger partial charge in [-0.1, -0.05) is 0 Å². The van der Waals surface area contributed by atoms with Gasteiger partial charge in [-0.15, -0.1) is 0 Å². The molecule has 1 aliphatic rings. The lowest BCUT2D eigenvalue weighted by Gasteiger charge is -2.27. The van der Waals surface area contributed by atoms with Gasteiger partial charge in [0.25, 0.3) is 5.69 Å². The Morgan fingerprint density at radius 3 is 2.88 bits per heavy atom. The van der Waals surface area contributed by atoms with Crippen molar-refractivity contribution in [1.82, 2.24) is 10.3 Å². The number of hydrogen-bond acceptors (Lipinski definition) is 5. The summed E-state index contributed by atoms with van der Waals surface area (Å²) in [5, 5.41) is 13.7. The molecule has 1 aromatic heterocycles. The first-order valence-electron chi connectivity index (χ1n) is 4.76. The Bertz CT molecular complexity index is 434. The van der Waals surface area contributed by atoms with Crippen LogP contribution in [0, 0.1) is 17.0 Å². The highest BCUT2D eigenvalue weighted by molar-refractivity contribution is 9.10. The van der Waals surface area contributed by atoms with Gasteiger partial charge in [-0.2, -0.15) is 0 Å². The van der Waals surface area contributed by atoms with E-state index in [-0.39, 0.29) is 11.8 Å². The predicted molar refractivity (Wildman–Crippen MR) is 60.6 cm³/mol. The summed E-state index contributed by atoms with van der Waals surface area (Å²) >= 11 is 3.27. The molecule has 0 saturated carbocycles. The minimum absolute atomic E-state index is 0.00837. The Kier molecular flexibility index (Phi) is 3.06. The highest BCUT2D eigenvalue weighted by Crippen LogP contribution is 2.32. The van der Waals surface area contributed by atoms with E-state index in [0.29, 0.717) is 15.9 Å². The number of halogens is 1. The van der Waals surface area contributed by atoms with Crippen LogP contribution in [0.25, 0.3) is 0 Å². The average Bonchev–Trinajstić information content (AvgIpc) is 2.17. The number of nitrogens with zero attached hydrogens (tertiary/aromatic N) is 2. The van der Waals surface area contributed by atoms with Gasteiger partial charge in [-0.05, 0) is 22.9 Å². The van der Waals surface area contributed by atoms with Crippen molar-refractivity contribution >= 4 is 21.6 Å². The molecule has 1 aromatic rings. The van der Waals surface area contributed by atoms with Gasteiger partial charge in [0.2, 0.25) is 5.88 Å². The summed E-state index contributed by atoms with van der Waals surface area (Å²) in [6.45, 7) is 3.23. The molecule has 1 aliphatic heterocycles. The van der Waals surface area contributed by atoms with Crippen molar-refractivity contribution in [2.45, 2.75) is 13.0 Å². The molecular weight excluding hydrogens is 278 g/mol. The van der Waals surface area contributed by atoms with Crippen molar-refractivity contribution in [3.63, 3.8) is 0 Å². The summed E-state index contributed by atoms with van der Waals surface area (Å²) < 4.78 is 6.10. The van der Waals surface area contributed by atoms with Crippen LogP contribution in [-0.2, 0) is 0 Å². The lowest BCUT2D eigenvalue weighted by atomic mass is 10.2. The Labute approximate surface area is 100 Å². The van der Waals surface area contributed by atoms with Crippen LogP contribution in [0.15, 0.2) is 10.7 Å². The van der Waals surface area contributed by atoms with E-state index >= 15 is 0 Å². The van der Waals surface area contributed by atoms with Crippen molar-refractivity contribution in [2.75, 3.05) is 13.1 Å². The molecule has 0 spiro atoms. The van der Waals surface area contributed by atoms with Crippen LogP contribution < -0.4 is 10.1 Å². The third-order valence-electron chi connectivity index (χ3n) is 2.42. The topological polar surface area (TPSA) is 77.3 Å². The summed E-state index contributed by atoms with van der Waals surface area (Å²) in [6.07, 6.45) is 1.33. The van der Waals surface area contributed by atoms with Gasteiger partial charge < -0.3 is 10.1 Å². The average molecular weight is 288 g/mol. The lowest BCUT2D eigenvalue weighted by molar-refractivity contribution is -0.385. The van der Waals surface area contributed by atoms with Gasteiger partial charge >= 0.3 is 0 Å². The number of aromatic nitrogens is 1. The van der Waals surface area contributed by atoms with Crippen LogP contribution in [0.1, 0.15) is 5.56 Å². The van der Waals surface area contributed by atoms with Crippen molar-refractivity contribution in [3.8, 4) is 5.88 Å². The Morgan fingerprint density at radius 1 is 1.69 bits per heavy atom. The Balaban J connectivity index is 2.26. The van der Waals surface area contributed by atoms with Crippen LogP contribution >= 0.6 is 15.9 Å². The molecule has 1 N–H and O–H groups in total. The Hall–Kier alpha value is -1.21. The number of hydrogen-bond donors (Lipinski definition) is 1. The fraction of sp³-hybridized carbons (Fsp3) is 0.444. The van der Waals surface area contributed by atoms with E-state index in [0.717, 1.165) is 13.1 Å². The van der Waals surface area contributed by atoms with E-state index in [9.17, 15) is 10.1 Å². The molecule has 0 radical (unpaired) electrons. The van der Waals surface area contributed by atoms with Crippen LogP contribution in [0.5, 0.6) is 5.88 Å². The third-order valence-corrected chi connectivity index (χ3v) is 3.36. The SMILES string of the molecule is Cc1c([N+](=O)[O-])cnc(OC2CNC2)c1Br. The molecule has 1 saturated heterocycles. The maximum absolute atomic E-state index is 10.7. The molecule has 0 amide bonds. The summed E-state index contributed by atoms with van der Waals surface area (Å²) in [5.41, 5.74) is 0.522. The maximum atomic E-state index is 10.7. The van der Waals surface area contributed by atoms with E-state index in [4.69, 9.17) is 4.74 Å². The van der Waals surface area contributed by atoms with Gasteiger partial charge in [-0.3, -0.25) is 10.1 Å². The first-order valence-corrected chi connectivity index (χ1v) is 5.55. The molecule has 1 fully saturated rings. The fourth-order valence-electron chi connectivity index (χ4n) is 1.32. The zero-order valence-electron chi connectivity index (χ0n) is 8.57. The van der Waals surface area contributed by atoms with Crippen LogP contribution in [-0.4, -0.2) is 29.1 Å². The van der Waals surface area contributed by atoms with Crippen LogP contribution in [0.2, 0.25) is 0 Å². The normalized spacial score (nSPS) is 15.6. The van der Waals surface area contributed by atoms with Crippen molar-refractivity contribution in [3.05, 3.63) is 26.3 Å². The smallest absolute Gasteiger partial charge is 0.291 e. The minimum atomic E-state index is -0.457. The largest absolute Gasteiger partial charge is 0.471 e. The molecule has 0 aliphatic carbocycles. The van der Waals surface area contributed by atoms with E-state index in [1.807, 2.05) is 0 Å². The number of nitro groups is 1. The quantitative estimate of drug-likeness (QED) is 0.672. The molecule has 0 atom stereocenters. The number of pyridine rings is 1. The summed E-state index contributed by atoms with van der Waals surface area (Å²) in [6, 6.07) is 0. The van der Waals surface area contributed by atoms with Gasteiger partial charge in [0, 0.05) is 18.7 Å². The number of nitrogens with one attached hydrogen (secondary N) is 1. The molecule has 7 heteroatoms. The zero-order valence-corrected chi connectivity index (χ0v) is 10.2. The molecule has 0 bridgehead atoms. The van der Waals surface area contributed by atoms with Gasteiger partial charge in [0.05, 0.1) is 9.40 Å². The third kappa shape index (κ3) is 2.00. The second-order valence-electron chi connectivity index (χ2n) is 3.54. The summed E-state index contributed by atoms with van der Waals surface area (Å²) in [5.74, 6) is 0.412. The molecule has 0 unspecified atom stereocenters.